The Balaban J connectivity index is 0. The summed E-state index contributed by atoms with van der Waals surface area (Å²) in [6, 6.07) is 0. The van der Waals surface area contributed by atoms with Gasteiger partial charge in [0.1, 0.15) is 0 Å². The maximum Gasteiger partial charge on any atom is 0.275 e. The van der Waals surface area contributed by atoms with Gasteiger partial charge in [-0.25, -0.2) is 0 Å². The summed E-state index contributed by atoms with van der Waals surface area (Å²) in [6.07, 6.45) is 7.52. The van der Waals surface area contributed by atoms with Crippen LogP contribution in [-0.4, -0.2) is 31.1 Å². The molecule has 0 spiro atoms. The zero-order valence-electron chi connectivity index (χ0n) is 14.2. The van der Waals surface area contributed by atoms with Crippen LogP contribution in [0.5, 0.6) is 0 Å². The molecule has 1 amide bonds. The highest BCUT2D eigenvalue weighted by Gasteiger charge is 2.21. The third kappa shape index (κ3) is 11.5. The average Bonchev–Trinajstić information content (AvgIpc) is 2.35. The van der Waals surface area contributed by atoms with Crippen molar-refractivity contribution in [2.45, 2.75) is 78.7 Å². The minimum atomic E-state index is -0.0596. The van der Waals surface area contributed by atoms with E-state index >= 15 is 0 Å². The predicted octanol–water partition coefficient (Wildman–Crippen LogP) is -0.830. The smallest absolute Gasteiger partial charge is 0.275 e. The number of rotatable bonds is 11. The molecule has 0 aromatic rings. The molecule has 0 bridgehead atoms. The highest BCUT2D eigenvalue weighted by Crippen LogP contribution is 2.14. The van der Waals surface area contributed by atoms with Gasteiger partial charge in [-0.05, 0) is 34.1 Å². The monoisotopic (exact) mass is 306 g/mol. The normalized spacial score (nSPS) is 11.3. The molecule has 0 rings (SSSR count). The summed E-state index contributed by atoms with van der Waals surface area (Å²) >= 11 is 0. The van der Waals surface area contributed by atoms with Crippen molar-refractivity contribution < 1.29 is 22.1 Å². The lowest BCUT2D eigenvalue weighted by Gasteiger charge is -2.27. The molecule has 122 valence electrons. The van der Waals surface area contributed by atoms with Crippen LogP contribution in [0.3, 0.4) is 0 Å². The number of unbranched alkanes of at least 4 members (excludes halogenated alkanes) is 4. The number of amides is 1. The number of hydrogen-bond acceptors (Lipinski definition) is 1. The number of carbonyl (C=O) groups excluding carboxylic acids is 1. The maximum absolute atomic E-state index is 12.0. The minimum absolute atomic E-state index is 0. The van der Waals surface area contributed by atoms with Crippen molar-refractivity contribution in [3.63, 3.8) is 0 Å². The van der Waals surface area contributed by atoms with Crippen molar-refractivity contribution in [2.24, 2.45) is 0 Å². The Morgan fingerprint density at radius 3 is 2.05 bits per heavy atom. The first-order valence-electron chi connectivity index (χ1n) is 8.09. The fourth-order valence-electron chi connectivity index (χ4n) is 2.38. The highest BCUT2D eigenvalue weighted by atomic mass is 35.5. The molecule has 0 heterocycles. The number of carbonyl (C=O) groups is 1. The van der Waals surface area contributed by atoms with Crippen LogP contribution in [0.2, 0.25) is 0 Å². The van der Waals surface area contributed by atoms with Gasteiger partial charge in [0, 0.05) is 5.54 Å². The molecule has 0 atom stereocenters. The molecule has 2 N–H and O–H groups in total. The Hall–Kier alpha value is -0.280. The van der Waals surface area contributed by atoms with Gasteiger partial charge >= 0.3 is 0 Å². The van der Waals surface area contributed by atoms with E-state index in [9.17, 15) is 4.79 Å². The van der Waals surface area contributed by atoms with Gasteiger partial charge in [0.2, 0.25) is 0 Å². The SMILES string of the molecule is CCCCCCCC(C)(C)NC(=O)C[NH+](CC)CC.[Cl-]. The number of hydrogen-bond donors (Lipinski definition) is 2. The first-order valence-corrected chi connectivity index (χ1v) is 8.09. The van der Waals surface area contributed by atoms with Crippen LogP contribution in [0.25, 0.3) is 0 Å². The van der Waals surface area contributed by atoms with E-state index in [1.807, 2.05) is 0 Å². The molecule has 0 aliphatic heterocycles. The second-order valence-corrected chi connectivity index (χ2v) is 6.23. The summed E-state index contributed by atoms with van der Waals surface area (Å²) < 4.78 is 0. The largest absolute Gasteiger partial charge is 1.00 e. The van der Waals surface area contributed by atoms with Crippen molar-refractivity contribution in [1.82, 2.24) is 5.32 Å². The van der Waals surface area contributed by atoms with E-state index in [0.29, 0.717) is 6.54 Å². The van der Waals surface area contributed by atoms with E-state index in [1.54, 1.807) is 0 Å². The summed E-state index contributed by atoms with van der Waals surface area (Å²) in [5, 5.41) is 3.19. The first kappa shape index (κ1) is 22.0. The van der Waals surface area contributed by atoms with Crippen LogP contribution >= 0.6 is 0 Å². The highest BCUT2D eigenvalue weighted by molar-refractivity contribution is 5.77. The van der Waals surface area contributed by atoms with Crippen molar-refractivity contribution in [3.05, 3.63) is 0 Å². The second kappa shape index (κ2) is 12.5. The van der Waals surface area contributed by atoms with Crippen LogP contribution in [0, 0.1) is 0 Å². The van der Waals surface area contributed by atoms with Gasteiger partial charge < -0.3 is 22.6 Å². The average molecular weight is 307 g/mol. The molecule has 0 radical (unpaired) electrons. The summed E-state index contributed by atoms with van der Waals surface area (Å²) in [5.74, 6) is 0.192. The number of halogens is 1. The zero-order chi connectivity index (χ0) is 14.7. The summed E-state index contributed by atoms with van der Waals surface area (Å²) in [5.41, 5.74) is -0.0596. The molecule has 0 unspecified atom stereocenters. The zero-order valence-corrected chi connectivity index (χ0v) is 14.9. The fraction of sp³-hybridized carbons (Fsp3) is 0.938. The van der Waals surface area contributed by atoms with Gasteiger partial charge in [0.25, 0.3) is 5.91 Å². The lowest BCUT2D eigenvalue weighted by molar-refractivity contribution is -0.888. The number of likely N-dealkylation sites (N-methyl/N-ethyl adjacent to an activating group) is 1. The molecule has 3 nitrogen and oxygen atoms in total. The lowest BCUT2D eigenvalue weighted by Crippen LogP contribution is -3.12. The van der Waals surface area contributed by atoms with E-state index in [-0.39, 0.29) is 23.9 Å². The standard InChI is InChI=1S/C16H34N2O.ClH/c1-6-9-10-11-12-13-16(4,5)17-15(19)14-18(7-2)8-3;/h6-14H2,1-5H3,(H,17,19);1H. The van der Waals surface area contributed by atoms with Gasteiger partial charge in [-0.15, -0.1) is 0 Å². The Labute approximate surface area is 132 Å². The molecule has 0 aliphatic carbocycles. The molecule has 0 saturated carbocycles. The topological polar surface area (TPSA) is 33.5 Å². The summed E-state index contributed by atoms with van der Waals surface area (Å²) in [4.78, 5) is 13.3. The van der Waals surface area contributed by atoms with Crippen LogP contribution in [0.4, 0.5) is 0 Å². The maximum atomic E-state index is 12.0. The van der Waals surface area contributed by atoms with E-state index in [4.69, 9.17) is 0 Å². The summed E-state index contributed by atoms with van der Waals surface area (Å²) in [6.45, 7) is 13.4. The molecule has 0 saturated heterocycles. The third-order valence-corrected chi connectivity index (χ3v) is 3.79. The van der Waals surface area contributed by atoms with Crippen molar-refractivity contribution in [2.75, 3.05) is 19.6 Å². The molecule has 0 aliphatic rings. The molecule has 4 heteroatoms. The van der Waals surface area contributed by atoms with Crippen LogP contribution in [0.1, 0.15) is 73.1 Å². The van der Waals surface area contributed by atoms with Crippen molar-refractivity contribution >= 4 is 5.91 Å². The molecule has 20 heavy (non-hydrogen) atoms. The predicted molar refractivity (Wildman–Crippen MR) is 82.5 cm³/mol. The van der Waals surface area contributed by atoms with E-state index in [2.05, 4.69) is 39.9 Å². The van der Waals surface area contributed by atoms with E-state index < -0.39 is 0 Å². The van der Waals surface area contributed by atoms with Crippen LogP contribution < -0.4 is 22.6 Å². The summed E-state index contributed by atoms with van der Waals surface area (Å²) in [7, 11) is 0. The lowest BCUT2D eigenvalue weighted by atomic mass is 9.96. The van der Waals surface area contributed by atoms with Gasteiger partial charge in [-0.2, -0.15) is 0 Å². The van der Waals surface area contributed by atoms with Crippen molar-refractivity contribution in [3.8, 4) is 0 Å². The van der Waals surface area contributed by atoms with E-state index in [0.717, 1.165) is 19.5 Å². The van der Waals surface area contributed by atoms with Crippen molar-refractivity contribution in [1.29, 1.82) is 0 Å². The Morgan fingerprint density at radius 1 is 1.00 bits per heavy atom. The molecule has 0 aromatic heterocycles. The minimum Gasteiger partial charge on any atom is -1.00 e. The first-order chi connectivity index (χ1) is 8.95. The van der Waals surface area contributed by atoms with Gasteiger partial charge in [0.15, 0.2) is 6.54 Å². The molecule has 0 fully saturated rings. The molecular formula is C16H35ClN2O. The quantitative estimate of drug-likeness (QED) is 0.480. The van der Waals surface area contributed by atoms with Crippen LogP contribution in [0.15, 0.2) is 0 Å². The Bertz CT molecular complexity index is 241. The number of quaternary nitrogens is 1. The Morgan fingerprint density at radius 2 is 1.55 bits per heavy atom. The fourth-order valence-corrected chi connectivity index (χ4v) is 2.38. The Kier molecular flexibility index (Phi) is 13.7. The number of nitrogens with one attached hydrogen (secondary N) is 2. The van der Waals surface area contributed by atoms with Gasteiger partial charge in [-0.1, -0.05) is 39.0 Å². The second-order valence-electron chi connectivity index (χ2n) is 6.23. The van der Waals surface area contributed by atoms with Gasteiger partial charge in [-0.3, -0.25) is 4.79 Å². The third-order valence-electron chi connectivity index (χ3n) is 3.79. The van der Waals surface area contributed by atoms with Crippen LogP contribution in [-0.2, 0) is 4.79 Å². The molecule has 0 aromatic carbocycles. The molecular weight excluding hydrogens is 272 g/mol. The van der Waals surface area contributed by atoms with Gasteiger partial charge in [0.05, 0.1) is 13.1 Å². The van der Waals surface area contributed by atoms with E-state index in [1.165, 1.54) is 37.0 Å².